The highest BCUT2D eigenvalue weighted by atomic mass is 19.4. The molecule has 35 nitrogen and oxygen atoms in total. The number of fused-ring (bicyclic) bond motifs is 9. The number of nitrogens with two attached hydrogens (primary N) is 3. The Balaban J connectivity index is 0.000000158. The maximum Gasteiger partial charge on any atom is 0.391 e. The number of anilines is 1. The molecule has 694 valence electrons. The smallest absolute Gasteiger partial charge is 0.391 e. The number of aliphatic hydroxyl groups is 10. The van der Waals surface area contributed by atoms with Crippen LogP contribution in [0.4, 0.5) is 23.2 Å². The summed E-state index contributed by atoms with van der Waals surface area (Å²) in [5, 5.41) is 154. The first-order valence-electron chi connectivity index (χ1n) is 41.9. The number of carbonyl (C=O) groups is 10. The summed E-state index contributed by atoms with van der Waals surface area (Å²) in [5.74, 6) is -25.7. The number of phenolic OH excluding ortho intramolecular Hbond substituents is 3. The molecule has 0 bridgehead atoms. The first-order chi connectivity index (χ1) is 61.6. The maximum atomic E-state index is 14.2. The lowest BCUT2D eigenvalue weighted by atomic mass is 9.54. The molecule has 4 fully saturated rings. The van der Waals surface area contributed by atoms with Gasteiger partial charge in [-0.25, -0.2) is 4.98 Å². The van der Waals surface area contributed by atoms with Crippen LogP contribution >= 0.6 is 0 Å². The molecule has 20 N–H and O–H groups in total. The summed E-state index contributed by atoms with van der Waals surface area (Å²) in [5.41, 5.74) is 8.88. The average Bonchev–Trinajstić information content (AvgIpc) is 0.997. The highest BCUT2D eigenvalue weighted by Gasteiger charge is 2.70. The molecule has 15 atom stereocenters. The molecule has 9 aliphatic carbocycles. The number of rotatable bonds is 17. The molecule has 1 saturated heterocycles. The lowest BCUT2D eigenvalue weighted by Gasteiger charge is -2.53. The Morgan fingerprint density at radius 1 is 0.618 bits per heavy atom. The van der Waals surface area contributed by atoms with Crippen LogP contribution in [0.25, 0.3) is 39.5 Å². The molecule has 2 aromatic heterocycles. The Morgan fingerprint density at radius 2 is 1.11 bits per heavy atom. The number of carbonyl (C=O) groups excluding carboxylic acids is 10. The maximum absolute atomic E-state index is 14.2. The van der Waals surface area contributed by atoms with E-state index in [-0.39, 0.29) is 121 Å². The second-order valence-electron chi connectivity index (χ2n) is 35.7. The second kappa shape index (κ2) is 34.7. The van der Waals surface area contributed by atoms with Crippen molar-refractivity contribution < 1.29 is 141 Å². The van der Waals surface area contributed by atoms with Crippen LogP contribution in [0.3, 0.4) is 0 Å². The number of methoxy groups -OCH3 is 1. The van der Waals surface area contributed by atoms with Crippen LogP contribution < -0.4 is 27.3 Å². The van der Waals surface area contributed by atoms with E-state index in [0.717, 1.165) is 0 Å². The van der Waals surface area contributed by atoms with Gasteiger partial charge < -0.3 is 98.2 Å². The van der Waals surface area contributed by atoms with Crippen molar-refractivity contribution in [3.05, 3.63) is 186 Å². The van der Waals surface area contributed by atoms with Gasteiger partial charge in [0.1, 0.15) is 68.5 Å². The zero-order valence-electron chi connectivity index (χ0n) is 72.2. The van der Waals surface area contributed by atoms with Gasteiger partial charge in [-0.2, -0.15) is 13.2 Å². The molecular formula is C92H98F4N10O25. The van der Waals surface area contributed by atoms with Crippen molar-refractivity contribution in [3.8, 4) is 45.4 Å². The lowest BCUT2D eigenvalue weighted by Crippen LogP contribution is -2.70. The number of Topliss-reactive ketones (excluding diaryl/α,β-unsaturated/α-hetero) is 6. The largest absolute Gasteiger partial charge is 0.508 e. The molecular weight excluding hydrogens is 1720 g/mol. The molecule has 1 aliphatic heterocycles. The van der Waals surface area contributed by atoms with Gasteiger partial charge in [0.05, 0.1) is 72.7 Å². The van der Waals surface area contributed by atoms with E-state index in [4.69, 9.17) is 26.5 Å². The number of aromatic hydroxyl groups is 3. The van der Waals surface area contributed by atoms with Crippen LogP contribution in [-0.4, -0.2) is 271 Å². The number of nitrogens with one attached hydrogen (secondary N) is 1. The fourth-order valence-electron chi connectivity index (χ4n) is 21.2. The van der Waals surface area contributed by atoms with Crippen molar-refractivity contribution in [2.45, 2.75) is 125 Å². The number of alkyl halides is 4. The van der Waals surface area contributed by atoms with Crippen LogP contribution in [0.15, 0.2) is 140 Å². The summed E-state index contributed by atoms with van der Waals surface area (Å²) in [6.07, 6.45) is -2.36. The molecule has 3 unspecified atom stereocenters. The zero-order valence-corrected chi connectivity index (χ0v) is 72.2. The minimum atomic E-state index is -4.29. The van der Waals surface area contributed by atoms with Crippen LogP contribution in [0.1, 0.15) is 107 Å². The number of likely N-dealkylation sites (tertiary alicyclic amines) is 1. The molecule has 39 heteroatoms. The summed E-state index contributed by atoms with van der Waals surface area (Å²) in [6.45, 7) is 3.13. The Kier molecular flexibility index (Phi) is 24.9. The van der Waals surface area contributed by atoms with Crippen molar-refractivity contribution in [2.75, 3.05) is 74.5 Å². The first-order valence-corrected chi connectivity index (χ1v) is 41.9. The quantitative estimate of drug-likeness (QED) is 0.0384. The number of aryl methyl sites for hydroxylation is 1. The van der Waals surface area contributed by atoms with E-state index in [1.165, 1.54) is 54.2 Å². The number of nitrogens with zero attached hydrogens (tertiary/aromatic N) is 6. The van der Waals surface area contributed by atoms with Gasteiger partial charge in [0.15, 0.2) is 34.2 Å². The number of aromatic nitrogens is 2. The monoisotopic (exact) mass is 1820 g/mol. The molecule has 4 aromatic carbocycles. The number of aliphatic hydroxyl groups excluding tert-OH is 7. The molecule has 3 heterocycles. The predicted molar refractivity (Wildman–Crippen MR) is 456 cm³/mol. The number of ether oxygens (including phenoxy) is 1. The SMILES string of the molecule is CN(C)[C@@H]1C(=O)C(C(N)=O)=C(O)[C@@]2(O)C(=O)C3=C(O)c4c(O)ccc(-c5ccc(NC(=O)c6ccno6)cc5)c4C[C@H]3C[C@@H]12.COc1ccc(-c2cc(CCC(C)CF)c(O)c3c2C[C@H]2C[C@H]4[C@H](N(C)C)C(=O)C(C(N)=O)=C(O)[C@@]4(O)C(=O)C2=C3O)cn1.C[C@H]1c2ccc(CN3CCC(C(F)(F)F)CC3)c(O)c2C(O)=C2C(=O)[C@]3(O)C(O)=C(C(N)=O)C(=O)[C@@H](N(C)C)C3[C@@H](O)C21. The first kappa shape index (κ1) is 94.1. The number of benzene rings is 4. The molecule has 3 saturated carbocycles. The summed E-state index contributed by atoms with van der Waals surface area (Å²) >= 11 is 0. The van der Waals surface area contributed by atoms with Crippen molar-refractivity contribution in [2.24, 2.45) is 64.5 Å². The van der Waals surface area contributed by atoms with Gasteiger partial charge in [0.25, 0.3) is 23.6 Å². The highest BCUT2D eigenvalue weighted by molar-refractivity contribution is 6.27. The van der Waals surface area contributed by atoms with Crippen LogP contribution in [-0.2, 0) is 69.0 Å². The van der Waals surface area contributed by atoms with Crippen LogP contribution in [0.2, 0.25) is 0 Å². The summed E-state index contributed by atoms with van der Waals surface area (Å²) in [4.78, 5) is 141. The molecule has 0 spiro atoms. The number of phenols is 3. The summed E-state index contributed by atoms with van der Waals surface area (Å²) in [7, 11) is 10.5. The van der Waals surface area contributed by atoms with E-state index in [0.29, 0.717) is 62.5 Å². The van der Waals surface area contributed by atoms with Gasteiger partial charge in [-0.3, -0.25) is 71.9 Å². The van der Waals surface area contributed by atoms with Crippen molar-refractivity contribution >= 4 is 81.3 Å². The number of piperidine rings is 1. The van der Waals surface area contributed by atoms with Gasteiger partial charge in [-0.1, -0.05) is 49.3 Å². The minimum Gasteiger partial charge on any atom is -0.508 e. The highest BCUT2D eigenvalue weighted by Crippen LogP contribution is 2.60. The number of likely N-dealkylation sites (N-methyl/N-ethyl adjacent to an activating group) is 3. The zero-order chi connectivity index (χ0) is 95.8. The number of hydrogen-bond acceptors (Lipinski definition) is 31. The third-order valence-electron chi connectivity index (χ3n) is 27.6. The van der Waals surface area contributed by atoms with Crippen molar-refractivity contribution in [1.29, 1.82) is 0 Å². The number of primary amides is 3. The number of ketones is 6. The Bertz CT molecular complexity index is 6030. The molecule has 4 amide bonds. The summed E-state index contributed by atoms with van der Waals surface area (Å²) < 4.78 is 62.7. The number of halogens is 4. The minimum absolute atomic E-state index is 0.0125. The van der Waals surface area contributed by atoms with E-state index >= 15 is 0 Å². The van der Waals surface area contributed by atoms with E-state index in [2.05, 4.69) is 15.5 Å². The van der Waals surface area contributed by atoms with Crippen molar-refractivity contribution in [3.63, 3.8) is 0 Å². The molecule has 10 aliphatic rings. The Morgan fingerprint density at radius 3 is 1.59 bits per heavy atom. The number of pyridine rings is 1. The molecule has 131 heavy (non-hydrogen) atoms. The molecule has 0 radical (unpaired) electrons. The number of amides is 4. The Hall–Kier alpha value is -13.0. The third-order valence-corrected chi connectivity index (χ3v) is 27.6. The van der Waals surface area contributed by atoms with Crippen LogP contribution in [0.5, 0.6) is 23.1 Å². The predicted octanol–water partition coefficient (Wildman–Crippen LogP) is 5.71. The third kappa shape index (κ3) is 15.2. The topological polar surface area (TPSA) is 585 Å². The van der Waals surface area contributed by atoms with E-state index in [1.54, 1.807) is 114 Å². The molecule has 16 rings (SSSR count). The lowest BCUT2D eigenvalue weighted by molar-refractivity contribution is -0.185. The van der Waals surface area contributed by atoms with Gasteiger partial charge in [-0.05, 0) is 200 Å². The second-order valence-corrected chi connectivity index (χ2v) is 35.7. The van der Waals surface area contributed by atoms with Crippen LogP contribution in [0, 0.1) is 47.3 Å². The van der Waals surface area contributed by atoms with Gasteiger partial charge in [0.2, 0.25) is 29.0 Å². The fraction of sp³-hybridized carbons (Fsp3) is 0.413. The average molecular weight is 1820 g/mol. The fourth-order valence-corrected chi connectivity index (χ4v) is 21.2. The Labute approximate surface area is 744 Å². The standard InChI is InChI=1S/C32H36FN3O8.C31H28N4O9.C29H34F3N3O8/c1-14(12-33)5-6-15-9-18(16-7-8-21(44-4)35-13-16)19-10-17-11-20-25(36(2)3)28(39)24(31(34)42)30(41)32(20,43)29(40)22(17)27(38)23(19)26(15)37;1-35(2)24-18-12-14-11-17-16(13-3-5-15(6-4-13)34-30(42)20-9-10-33-44-20)7-8-19(36)22(17)25(37)21(14)27(39)31(18,43)28(40)23(26(24)38)29(32)41;1-11-14-5-4-12(10-35-8-6-13(7-9-35)29(30,31)32)21(36)16(14)22(37)17-15(11)23(38)19-20(34(2)3)24(39)18(27(33)42)26(41)28(19,43)25(17)40/h7-9,13-14,17,20,25,37-38,41,43H,5-6,10-12H2,1-4H3,(H2,34,42);3-10,14,18,24,36-37,40,43H,11-12H2,1-2H3,(H2,32,41)(H,34,42);4-5,11,13,15,19-20,23,36-38,41,43H,6-10H2,1-3H3,(H2,33,42)/t14?,17-,20-,25-,32-;14-,18-,24-,31-;11-,15?,19?,20-,23-,28-/m000/s1. The number of hydrogen-bond donors (Lipinski definition) is 17. The molecule has 6 aromatic rings. The van der Waals surface area contributed by atoms with E-state index < -0.39 is 222 Å². The normalized spacial score (nSPS) is 27.4. The van der Waals surface area contributed by atoms with Gasteiger partial charge in [-0.15, -0.1) is 0 Å². The van der Waals surface area contributed by atoms with E-state index in [1.807, 2.05) is 0 Å². The van der Waals surface area contributed by atoms with Gasteiger partial charge in [0, 0.05) is 76.2 Å². The van der Waals surface area contributed by atoms with Gasteiger partial charge >= 0.3 is 6.18 Å². The summed E-state index contributed by atoms with van der Waals surface area (Å²) in [6, 6.07) is 15.8. The van der Waals surface area contributed by atoms with Crippen molar-refractivity contribution in [1.82, 2.24) is 29.7 Å². The van der Waals surface area contributed by atoms with E-state index in [9.17, 15) is 132 Å².